The first-order chi connectivity index (χ1) is 10.7. The van der Waals surface area contributed by atoms with E-state index in [1.54, 1.807) is 6.20 Å². The molecule has 0 fully saturated rings. The van der Waals surface area contributed by atoms with E-state index in [0.717, 1.165) is 33.4 Å². The summed E-state index contributed by atoms with van der Waals surface area (Å²) in [5.74, 6) is 1.03. The van der Waals surface area contributed by atoms with Gasteiger partial charge in [-0.15, -0.1) is 0 Å². The molecule has 1 aromatic carbocycles. The third-order valence-corrected chi connectivity index (χ3v) is 3.63. The number of aromatic amines is 1. The van der Waals surface area contributed by atoms with Crippen molar-refractivity contribution in [2.45, 2.75) is 19.8 Å². The summed E-state index contributed by atoms with van der Waals surface area (Å²) >= 11 is 0. The van der Waals surface area contributed by atoms with E-state index < -0.39 is 0 Å². The Bertz CT molecular complexity index is 953. The first kappa shape index (κ1) is 12.8. The monoisotopic (exact) mass is 293 g/mol. The molecule has 0 aliphatic rings. The molecule has 6 heteroatoms. The molecule has 0 bridgehead atoms. The van der Waals surface area contributed by atoms with E-state index in [9.17, 15) is 0 Å². The fourth-order valence-corrected chi connectivity index (χ4v) is 2.53. The van der Waals surface area contributed by atoms with Crippen LogP contribution in [0.2, 0.25) is 0 Å². The van der Waals surface area contributed by atoms with Gasteiger partial charge in [-0.2, -0.15) is 5.10 Å². The normalized spacial score (nSPS) is 11.6. The number of pyridine rings is 1. The zero-order valence-electron chi connectivity index (χ0n) is 12.3. The second-order valence-corrected chi connectivity index (χ2v) is 5.53. The van der Waals surface area contributed by atoms with Gasteiger partial charge in [0.05, 0.1) is 11.2 Å². The van der Waals surface area contributed by atoms with Crippen LogP contribution in [0.5, 0.6) is 0 Å². The molecule has 110 valence electrons. The second-order valence-electron chi connectivity index (χ2n) is 5.53. The van der Waals surface area contributed by atoms with Crippen molar-refractivity contribution in [3.8, 4) is 0 Å². The third-order valence-electron chi connectivity index (χ3n) is 3.63. The number of nitrogens with zero attached hydrogens (tertiary/aromatic N) is 3. The Morgan fingerprint density at radius 1 is 1.23 bits per heavy atom. The van der Waals surface area contributed by atoms with E-state index in [4.69, 9.17) is 4.52 Å². The third kappa shape index (κ3) is 2.00. The molecule has 0 aliphatic carbocycles. The Morgan fingerprint density at radius 3 is 3.00 bits per heavy atom. The highest BCUT2D eigenvalue weighted by Crippen LogP contribution is 2.29. The zero-order chi connectivity index (χ0) is 15.1. The van der Waals surface area contributed by atoms with Gasteiger partial charge in [0.25, 0.3) is 0 Å². The Hall–Kier alpha value is -2.89. The molecule has 0 unspecified atom stereocenters. The topological polar surface area (TPSA) is 79.6 Å². The van der Waals surface area contributed by atoms with Crippen molar-refractivity contribution < 1.29 is 4.52 Å². The molecule has 4 aromatic rings. The predicted molar refractivity (Wildman–Crippen MR) is 85.3 cm³/mol. The van der Waals surface area contributed by atoms with Gasteiger partial charge in [0.15, 0.2) is 11.4 Å². The summed E-state index contributed by atoms with van der Waals surface area (Å²) in [5.41, 5.74) is 4.34. The van der Waals surface area contributed by atoms with Crippen molar-refractivity contribution in [1.82, 2.24) is 20.3 Å². The van der Waals surface area contributed by atoms with Gasteiger partial charge in [0, 0.05) is 23.3 Å². The van der Waals surface area contributed by atoms with E-state index in [1.165, 1.54) is 0 Å². The second kappa shape index (κ2) is 4.84. The van der Waals surface area contributed by atoms with Gasteiger partial charge in [-0.05, 0) is 30.2 Å². The minimum Gasteiger partial charge on any atom is -0.356 e. The van der Waals surface area contributed by atoms with E-state index in [-0.39, 0.29) is 0 Å². The first-order valence-electron chi connectivity index (χ1n) is 7.18. The SMILES string of the molecule is CC(C)c1noc2cc(Nc3n[nH]c4cccnc34)ccc12. The summed E-state index contributed by atoms with van der Waals surface area (Å²) in [6, 6.07) is 9.76. The number of nitrogens with one attached hydrogen (secondary N) is 2. The quantitative estimate of drug-likeness (QED) is 0.597. The Balaban J connectivity index is 1.72. The maximum absolute atomic E-state index is 5.42. The number of benzene rings is 1. The summed E-state index contributed by atoms with van der Waals surface area (Å²) in [6.45, 7) is 4.20. The van der Waals surface area contributed by atoms with Gasteiger partial charge in [-0.25, -0.2) is 0 Å². The molecule has 0 saturated carbocycles. The van der Waals surface area contributed by atoms with Crippen LogP contribution in [0.25, 0.3) is 22.0 Å². The molecular formula is C16H15N5O. The Labute approximate surface area is 126 Å². The Morgan fingerprint density at radius 2 is 2.14 bits per heavy atom. The number of hydrogen-bond donors (Lipinski definition) is 2. The van der Waals surface area contributed by atoms with Crippen molar-refractivity contribution >= 4 is 33.5 Å². The van der Waals surface area contributed by atoms with Crippen LogP contribution in [-0.2, 0) is 0 Å². The molecule has 0 radical (unpaired) electrons. The average Bonchev–Trinajstić information content (AvgIpc) is 3.11. The van der Waals surface area contributed by atoms with Crippen molar-refractivity contribution in [2.75, 3.05) is 5.32 Å². The molecule has 0 spiro atoms. The molecule has 3 aromatic heterocycles. The van der Waals surface area contributed by atoms with Crippen LogP contribution in [-0.4, -0.2) is 20.3 Å². The minimum absolute atomic E-state index is 0.333. The van der Waals surface area contributed by atoms with Crippen LogP contribution in [0.3, 0.4) is 0 Å². The summed E-state index contributed by atoms with van der Waals surface area (Å²) in [4.78, 5) is 4.33. The largest absolute Gasteiger partial charge is 0.356 e. The maximum Gasteiger partial charge on any atom is 0.178 e. The fourth-order valence-electron chi connectivity index (χ4n) is 2.53. The van der Waals surface area contributed by atoms with Gasteiger partial charge in [-0.3, -0.25) is 10.1 Å². The number of H-pyrrole nitrogens is 1. The summed E-state index contributed by atoms with van der Waals surface area (Å²) < 4.78 is 5.42. The highest BCUT2D eigenvalue weighted by Gasteiger charge is 2.13. The molecule has 0 amide bonds. The first-order valence-corrected chi connectivity index (χ1v) is 7.18. The predicted octanol–water partition coefficient (Wildman–Crippen LogP) is 3.97. The lowest BCUT2D eigenvalue weighted by Crippen LogP contribution is -1.92. The smallest absolute Gasteiger partial charge is 0.178 e. The molecule has 4 rings (SSSR count). The van der Waals surface area contributed by atoms with Gasteiger partial charge >= 0.3 is 0 Å². The molecular weight excluding hydrogens is 278 g/mol. The van der Waals surface area contributed by atoms with Gasteiger partial charge in [0.1, 0.15) is 5.52 Å². The van der Waals surface area contributed by atoms with Crippen LogP contribution in [0.1, 0.15) is 25.5 Å². The summed E-state index contributed by atoms with van der Waals surface area (Å²) in [7, 11) is 0. The highest BCUT2D eigenvalue weighted by atomic mass is 16.5. The zero-order valence-corrected chi connectivity index (χ0v) is 12.3. The van der Waals surface area contributed by atoms with E-state index in [1.807, 2.05) is 30.3 Å². The molecule has 2 N–H and O–H groups in total. The standard InChI is InChI=1S/C16H15N5O/c1-9(2)14-11-6-5-10(8-13(11)22-21-14)18-16-15-12(19-20-16)4-3-7-17-15/h3-9H,1-2H3,(H2,18,19,20). The van der Waals surface area contributed by atoms with Crippen LogP contribution in [0.15, 0.2) is 41.1 Å². The van der Waals surface area contributed by atoms with Gasteiger partial charge in [-0.1, -0.05) is 19.0 Å². The van der Waals surface area contributed by atoms with Gasteiger partial charge in [0.2, 0.25) is 0 Å². The fraction of sp³-hybridized carbons (Fsp3) is 0.188. The van der Waals surface area contributed by atoms with Crippen LogP contribution < -0.4 is 5.32 Å². The molecule has 0 atom stereocenters. The number of hydrogen-bond acceptors (Lipinski definition) is 5. The molecule has 22 heavy (non-hydrogen) atoms. The number of rotatable bonds is 3. The summed E-state index contributed by atoms with van der Waals surface area (Å²) in [6.07, 6.45) is 1.75. The lowest BCUT2D eigenvalue weighted by atomic mass is 10.1. The summed E-state index contributed by atoms with van der Waals surface area (Å²) in [5, 5.41) is 15.7. The lowest BCUT2D eigenvalue weighted by Gasteiger charge is -2.03. The van der Waals surface area contributed by atoms with Crippen molar-refractivity contribution in [3.63, 3.8) is 0 Å². The lowest BCUT2D eigenvalue weighted by molar-refractivity contribution is 0.441. The van der Waals surface area contributed by atoms with Crippen LogP contribution in [0, 0.1) is 0 Å². The molecule has 6 nitrogen and oxygen atoms in total. The molecule has 0 saturated heterocycles. The minimum atomic E-state index is 0.333. The maximum atomic E-state index is 5.42. The number of aromatic nitrogens is 4. The van der Waals surface area contributed by atoms with Crippen molar-refractivity contribution in [2.24, 2.45) is 0 Å². The van der Waals surface area contributed by atoms with Crippen LogP contribution in [0.4, 0.5) is 11.5 Å². The number of anilines is 2. The van der Waals surface area contributed by atoms with E-state index >= 15 is 0 Å². The number of fused-ring (bicyclic) bond motifs is 2. The highest BCUT2D eigenvalue weighted by molar-refractivity contribution is 5.89. The van der Waals surface area contributed by atoms with E-state index in [0.29, 0.717) is 11.7 Å². The molecule has 3 heterocycles. The van der Waals surface area contributed by atoms with Crippen molar-refractivity contribution in [1.29, 1.82) is 0 Å². The molecule has 0 aliphatic heterocycles. The Kier molecular flexibility index (Phi) is 2.82. The van der Waals surface area contributed by atoms with Crippen LogP contribution >= 0.6 is 0 Å². The van der Waals surface area contributed by atoms with Gasteiger partial charge < -0.3 is 9.84 Å². The average molecular weight is 293 g/mol. The van der Waals surface area contributed by atoms with E-state index in [2.05, 4.69) is 39.5 Å². The van der Waals surface area contributed by atoms with Crippen molar-refractivity contribution in [3.05, 3.63) is 42.2 Å².